The molecule has 1 heterocycles. The Bertz CT molecular complexity index is 508. The number of carboxylic acids is 1. The second-order valence-corrected chi connectivity index (χ2v) is 4.57. The lowest BCUT2D eigenvalue weighted by Gasteiger charge is -2.36. The Morgan fingerprint density at radius 3 is 2.37 bits per heavy atom. The minimum atomic E-state index is -0.969. The monoisotopic (exact) mass is 263 g/mol. The van der Waals surface area contributed by atoms with Crippen LogP contribution in [0.2, 0.25) is 0 Å². The SMILES string of the molecule is CC(=O)N1CCN(c2cc(C(=O)O)ccc2N)CC1. The van der Waals surface area contributed by atoms with Crippen molar-refractivity contribution in [3.8, 4) is 0 Å². The number of rotatable bonds is 2. The van der Waals surface area contributed by atoms with Gasteiger partial charge in [-0.2, -0.15) is 0 Å². The summed E-state index contributed by atoms with van der Waals surface area (Å²) >= 11 is 0. The smallest absolute Gasteiger partial charge is 0.335 e. The Kier molecular flexibility index (Phi) is 3.59. The minimum absolute atomic E-state index is 0.0620. The van der Waals surface area contributed by atoms with E-state index in [9.17, 15) is 9.59 Å². The quantitative estimate of drug-likeness (QED) is 0.764. The van der Waals surface area contributed by atoms with E-state index < -0.39 is 5.97 Å². The number of hydrogen-bond acceptors (Lipinski definition) is 4. The maximum Gasteiger partial charge on any atom is 0.335 e. The Labute approximate surface area is 111 Å². The maximum atomic E-state index is 11.3. The van der Waals surface area contributed by atoms with E-state index in [-0.39, 0.29) is 11.5 Å². The predicted octanol–water partition coefficient (Wildman–Crippen LogP) is 0.636. The summed E-state index contributed by atoms with van der Waals surface area (Å²) in [4.78, 5) is 26.0. The Hall–Kier alpha value is -2.24. The van der Waals surface area contributed by atoms with Crippen LogP contribution in [0.25, 0.3) is 0 Å². The van der Waals surface area contributed by atoms with Crippen LogP contribution in [0.15, 0.2) is 18.2 Å². The van der Waals surface area contributed by atoms with Crippen LogP contribution in [0.3, 0.4) is 0 Å². The van der Waals surface area contributed by atoms with Crippen molar-refractivity contribution in [2.24, 2.45) is 0 Å². The van der Waals surface area contributed by atoms with Gasteiger partial charge in [0.15, 0.2) is 0 Å². The number of carbonyl (C=O) groups is 2. The zero-order chi connectivity index (χ0) is 14.0. The molecule has 0 unspecified atom stereocenters. The fourth-order valence-corrected chi connectivity index (χ4v) is 2.21. The average molecular weight is 263 g/mol. The molecule has 0 radical (unpaired) electrons. The molecule has 0 aromatic heterocycles. The first-order valence-electron chi connectivity index (χ1n) is 6.12. The molecule has 1 amide bonds. The molecule has 102 valence electrons. The first-order valence-corrected chi connectivity index (χ1v) is 6.12. The molecular weight excluding hydrogens is 246 g/mol. The number of aromatic carboxylic acids is 1. The highest BCUT2D eigenvalue weighted by Crippen LogP contribution is 2.25. The normalized spacial score (nSPS) is 15.4. The van der Waals surface area contributed by atoms with Gasteiger partial charge in [-0.05, 0) is 18.2 Å². The van der Waals surface area contributed by atoms with Crippen molar-refractivity contribution in [2.45, 2.75) is 6.92 Å². The molecule has 2 rings (SSSR count). The summed E-state index contributed by atoms with van der Waals surface area (Å²) in [5.41, 5.74) is 7.40. The average Bonchev–Trinajstić information content (AvgIpc) is 2.39. The number of nitrogens with two attached hydrogens (primary N) is 1. The highest BCUT2D eigenvalue weighted by atomic mass is 16.4. The van der Waals surface area contributed by atoms with Crippen molar-refractivity contribution < 1.29 is 14.7 Å². The second kappa shape index (κ2) is 5.17. The minimum Gasteiger partial charge on any atom is -0.478 e. The van der Waals surface area contributed by atoms with E-state index in [2.05, 4.69) is 0 Å². The number of hydrogen-bond donors (Lipinski definition) is 2. The van der Waals surface area contributed by atoms with Crippen molar-refractivity contribution in [2.75, 3.05) is 36.8 Å². The molecular formula is C13H17N3O3. The number of carbonyl (C=O) groups excluding carboxylic acids is 1. The third-order valence-corrected chi connectivity index (χ3v) is 3.34. The van der Waals surface area contributed by atoms with Crippen molar-refractivity contribution in [3.05, 3.63) is 23.8 Å². The lowest BCUT2D eigenvalue weighted by molar-refractivity contribution is -0.129. The van der Waals surface area contributed by atoms with Gasteiger partial charge in [-0.25, -0.2) is 4.79 Å². The van der Waals surface area contributed by atoms with Gasteiger partial charge in [0, 0.05) is 33.1 Å². The molecule has 0 atom stereocenters. The number of nitrogens with zero attached hydrogens (tertiary/aromatic N) is 2. The fourth-order valence-electron chi connectivity index (χ4n) is 2.21. The van der Waals surface area contributed by atoms with Crippen molar-refractivity contribution >= 4 is 23.3 Å². The lowest BCUT2D eigenvalue weighted by Crippen LogP contribution is -2.48. The molecule has 0 spiro atoms. The van der Waals surface area contributed by atoms with Crippen LogP contribution < -0.4 is 10.6 Å². The Morgan fingerprint density at radius 2 is 1.84 bits per heavy atom. The molecule has 0 aliphatic carbocycles. The van der Waals surface area contributed by atoms with Gasteiger partial charge in [0.2, 0.25) is 5.91 Å². The van der Waals surface area contributed by atoms with Crippen LogP contribution in [0, 0.1) is 0 Å². The third kappa shape index (κ3) is 2.78. The number of benzene rings is 1. The van der Waals surface area contributed by atoms with Gasteiger partial charge in [-0.1, -0.05) is 0 Å². The van der Waals surface area contributed by atoms with Crippen molar-refractivity contribution in [1.29, 1.82) is 0 Å². The Balaban J connectivity index is 2.17. The first kappa shape index (κ1) is 13.2. The van der Waals surface area contributed by atoms with Crippen LogP contribution in [-0.4, -0.2) is 48.1 Å². The second-order valence-electron chi connectivity index (χ2n) is 4.57. The molecule has 1 aliphatic heterocycles. The van der Waals surface area contributed by atoms with E-state index in [1.54, 1.807) is 24.0 Å². The topological polar surface area (TPSA) is 86.9 Å². The summed E-state index contributed by atoms with van der Waals surface area (Å²) in [5, 5.41) is 9.00. The van der Waals surface area contributed by atoms with Gasteiger partial charge in [-0.15, -0.1) is 0 Å². The van der Waals surface area contributed by atoms with Gasteiger partial charge < -0.3 is 20.6 Å². The number of amides is 1. The molecule has 0 bridgehead atoms. The third-order valence-electron chi connectivity index (χ3n) is 3.34. The molecule has 1 aromatic carbocycles. The summed E-state index contributed by atoms with van der Waals surface area (Å²) in [5.74, 6) is -0.907. The maximum absolute atomic E-state index is 11.3. The molecule has 1 fully saturated rings. The van der Waals surface area contributed by atoms with E-state index in [1.165, 1.54) is 6.07 Å². The number of anilines is 2. The van der Waals surface area contributed by atoms with Gasteiger partial charge in [0.25, 0.3) is 0 Å². The van der Waals surface area contributed by atoms with Crippen LogP contribution in [0.4, 0.5) is 11.4 Å². The zero-order valence-corrected chi connectivity index (χ0v) is 10.8. The summed E-state index contributed by atoms with van der Waals surface area (Å²) in [6.45, 7) is 4.13. The van der Waals surface area contributed by atoms with Crippen LogP contribution in [0.5, 0.6) is 0 Å². The number of piperazine rings is 1. The van der Waals surface area contributed by atoms with Crippen LogP contribution in [0.1, 0.15) is 17.3 Å². The molecule has 3 N–H and O–H groups in total. The van der Waals surface area contributed by atoms with E-state index in [0.717, 1.165) is 5.69 Å². The number of carboxylic acid groups (broad SMARTS) is 1. The fraction of sp³-hybridized carbons (Fsp3) is 0.385. The van der Waals surface area contributed by atoms with Crippen molar-refractivity contribution in [3.63, 3.8) is 0 Å². The van der Waals surface area contributed by atoms with Crippen LogP contribution >= 0.6 is 0 Å². The van der Waals surface area contributed by atoms with Crippen LogP contribution in [-0.2, 0) is 4.79 Å². The van der Waals surface area contributed by atoms with E-state index in [1.807, 2.05) is 4.90 Å². The van der Waals surface area contributed by atoms with Crippen molar-refractivity contribution in [1.82, 2.24) is 4.90 Å². The predicted molar refractivity (Wildman–Crippen MR) is 72.3 cm³/mol. The summed E-state index contributed by atoms with van der Waals surface area (Å²) in [6.07, 6.45) is 0. The molecule has 6 nitrogen and oxygen atoms in total. The standard InChI is InChI=1S/C13H17N3O3/c1-9(17)15-4-6-16(7-5-15)12-8-10(13(18)19)2-3-11(12)14/h2-3,8H,4-7,14H2,1H3,(H,18,19). The first-order chi connectivity index (χ1) is 8.99. The summed E-state index contributed by atoms with van der Waals surface area (Å²) < 4.78 is 0. The molecule has 1 aliphatic rings. The molecule has 6 heteroatoms. The Morgan fingerprint density at radius 1 is 1.21 bits per heavy atom. The van der Waals surface area contributed by atoms with E-state index in [4.69, 9.17) is 10.8 Å². The lowest BCUT2D eigenvalue weighted by atomic mass is 10.1. The highest BCUT2D eigenvalue weighted by molar-refractivity contribution is 5.90. The van der Waals surface area contributed by atoms with Gasteiger partial charge >= 0.3 is 5.97 Å². The van der Waals surface area contributed by atoms with Gasteiger partial charge in [-0.3, -0.25) is 4.79 Å². The van der Waals surface area contributed by atoms with Gasteiger partial charge in [0.05, 0.1) is 16.9 Å². The number of nitrogen functional groups attached to an aromatic ring is 1. The molecule has 0 saturated carbocycles. The zero-order valence-electron chi connectivity index (χ0n) is 10.8. The van der Waals surface area contributed by atoms with Gasteiger partial charge in [0.1, 0.15) is 0 Å². The molecule has 1 saturated heterocycles. The van der Waals surface area contributed by atoms with E-state index in [0.29, 0.717) is 31.9 Å². The largest absolute Gasteiger partial charge is 0.478 e. The molecule has 1 aromatic rings. The summed E-state index contributed by atoms with van der Waals surface area (Å²) in [7, 11) is 0. The highest BCUT2D eigenvalue weighted by Gasteiger charge is 2.20. The summed E-state index contributed by atoms with van der Waals surface area (Å²) in [6, 6.07) is 4.68. The molecule has 19 heavy (non-hydrogen) atoms. The van der Waals surface area contributed by atoms with E-state index >= 15 is 0 Å².